The molecule has 0 aliphatic carbocycles. The van der Waals surface area contributed by atoms with Gasteiger partial charge in [-0.15, -0.1) is 0 Å². The molecule has 2 rings (SSSR count). The van der Waals surface area contributed by atoms with Crippen molar-refractivity contribution in [1.29, 1.82) is 0 Å². The maximum Gasteiger partial charge on any atom is 0.416 e. The molecule has 6 nitrogen and oxygen atoms in total. The Balaban J connectivity index is 2.27. The van der Waals surface area contributed by atoms with Crippen LogP contribution in [0.15, 0.2) is 52.8 Å². The number of anilines is 1. The van der Waals surface area contributed by atoms with E-state index in [0.29, 0.717) is 11.5 Å². The lowest BCUT2D eigenvalue weighted by atomic mass is 10.1. The second kappa shape index (κ2) is 7.29. The van der Waals surface area contributed by atoms with Crippen LogP contribution in [0.5, 0.6) is 0 Å². The van der Waals surface area contributed by atoms with Crippen LogP contribution in [0, 0.1) is 5.82 Å². The quantitative estimate of drug-likeness (QED) is 0.720. The molecule has 0 aliphatic rings. The molecule has 0 bridgehead atoms. The Bertz CT molecular complexity index is 1080. The van der Waals surface area contributed by atoms with Gasteiger partial charge in [0.15, 0.2) is 0 Å². The number of halogens is 4. The van der Waals surface area contributed by atoms with E-state index in [9.17, 15) is 34.4 Å². The second-order valence-electron chi connectivity index (χ2n) is 5.26. The van der Waals surface area contributed by atoms with E-state index >= 15 is 0 Å². The van der Waals surface area contributed by atoms with Crippen molar-refractivity contribution in [1.82, 2.24) is 0 Å². The molecule has 0 unspecified atom stereocenters. The van der Waals surface area contributed by atoms with Gasteiger partial charge in [0.25, 0.3) is 10.0 Å². The molecular weight excluding hydrogens is 412 g/mol. The van der Waals surface area contributed by atoms with Crippen molar-refractivity contribution in [2.45, 2.75) is 11.1 Å². The molecule has 0 radical (unpaired) electrons. The summed E-state index contributed by atoms with van der Waals surface area (Å²) in [7, 11) is -8.67. The van der Waals surface area contributed by atoms with Crippen molar-refractivity contribution >= 4 is 31.8 Å². The number of hydrogen-bond acceptors (Lipinski definition) is 4. The Kier molecular flexibility index (Phi) is 5.63. The minimum absolute atomic E-state index is 0.152. The molecule has 2 aromatic rings. The SMILES string of the molecule is NS(=O)(=O)c1cc(F)ccc1NS(=O)(=O)C=Cc1ccc(C(F)(F)F)cc1. The molecule has 27 heavy (non-hydrogen) atoms. The van der Waals surface area contributed by atoms with Crippen molar-refractivity contribution in [2.75, 3.05) is 4.72 Å². The number of sulfonamides is 2. The monoisotopic (exact) mass is 424 g/mol. The summed E-state index contributed by atoms with van der Waals surface area (Å²) >= 11 is 0. The highest BCUT2D eigenvalue weighted by Gasteiger charge is 2.29. The number of benzene rings is 2. The van der Waals surface area contributed by atoms with Crippen LogP contribution in [0.4, 0.5) is 23.2 Å². The summed E-state index contributed by atoms with van der Waals surface area (Å²) in [5.74, 6) is -0.942. The van der Waals surface area contributed by atoms with Crippen molar-refractivity contribution in [2.24, 2.45) is 5.14 Å². The summed E-state index contributed by atoms with van der Waals surface area (Å²) in [5.41, 5.74) is -1.22. The molecule has 0 aliphatic heterocycles. The highest BCUT2D eigenvalue weighted by molar-refractivity contribution is 7.95. The average Bonchev–Trinajstić information content (AvgIpc) is 2.53. The van der Waals surface area contributed by atoms with Gasteiger partial charge in [0.05, 0.1) is 16.7 Å². The van der Waals surface area contributed by atoms with Crippen molar-refractivity contribution in [3.8, 4) is 0 Å². The maximum atomic E-state index is 13.2. The van der Waals surface area contributed by atoms with Gasteiger partial charge in [0.2, 0.25) is 10.0 Å². The summed E-state index contributed by atoms with van der Waals surface area (Å²) in [6.45, 7) is 0. The highest BCUT2D eigenvalue weighted by Crippen LogP contribution is 2.29. The van der Waals surface area contributed by atoms with Gasteiger partial charge >= 0.3 is 6.18 Å². The van der Waals surface area contributed by atoms with Gasteiger partial charge in [0, 0.05) is 0 Å². The van der Waals surface area contributed by atoms with Crippen LogP contribution in [0.3, 0.4) is 0 Å². The molecule has 0 fully saturated rings. The van der Waals surface area contributed by atoms with Crippen molar-refractivity contribution in [3.05, 3.63) is 64.8 Å². The number of nitrogens with two attached hydrogens (primary N) is 1. The lowest BCUT2D eigenvalue weighted by molar-refractivity contribution is -0.137. The van der Waals surface area contributed by atoms with Crippen molar-refractivity contribution in [3.63, 3.8) is 0 Å². The lowest BCUT2D eigenvalue weighted by Crippen LogP contribution is -2.17. The lowest BCUT2D eigenvalue weighted by Gasteiger charge is -2.09. The first-order valence-corrected chi connectivity index (χ1v) is 10.1. The van der Waals surface area contributed by atoms with E-state index in [4.69, 9.17) is 5.14 Å². The van der Waals surface area contributed by atoms with Gasteiger partial charge in [-0.2, -0.15) is 13.2 Å². The molecule has 0 saturated carbocycles. The molecule has 0 saturated heterocycles. The zero-order valence-corrected chi connectivity index (χ0v) is 14.9. The van der Waals surface area contributed by atoms with Crippen LogP contribution in [0.1, 0.15) is 11.1 Å². The number of hydrogen-bond donors (Lipinski definition) is 2. The number of primary sulfonamides is 1. The first kappa shape index (κ1) is 20.9. The normalized spacial score (nSPS) is 13.1. The van der Waals surface area contributed by atoms with Crippen LogP contribution < -0.4 is 9.86 Å². The third kappa shape index (κ3) is 5.77. The summed E-state index contributed by atoms with van der Waals surface area (Å²) in [6, 6.07) is 5.92. The molecule has 0 atom stereocenters. The molecule has 2 aromatic carbocycles. The Morgan fingerprint density at radius 3 is 2.07 bits per heavy atom. The fraction of sp³-hybridized carbons (Fsp3) is 0.0667. The van der Waals surface area contributed by atoms with E-state index in [2.05, 4.69) is 0 Å². The number of rotatable bonds is 5. The smallest absolute Gasteiger partial charge is 0.279 e. The predicted octanol–water partition coefficient (Wildman–Crippen LogP) is 2.90. The Morgan fingerprint density at radius 2 is 1.56 bits per heavy atom. The molecular formula is C15H12F4N2O4S2. The minimum atomic E-state index is -4.53. The third-order valence-corrected chi connectivity index (χ3v) is 5.13. The zero-order chi connectivity index (χ0) is 20.5. The van der Waals surface area contributed by atoms with E-state index in [1.54, 1.807) is 0 Å². The van der Waals surface area contributed by atoms with E-state index in [-0.39, 0.29) is 5.56 Å². The number of alkyl halides is 3. The molecule has 12 heteroatoms. The van der Waals surface area contributed by atoms with Gasteiger partial charge in [-0.25, -0.2) is 26.4 Å². The molecule has 0 spiro atoms. The molecule has 3 N–H and O–H groups in total. The summed E-state index contributed by atoms with van der Waals surface area (Å²) in [6.07, 6.45) is -3.52. The van der Waals surface area contributed by atoms with Gasteiger partial charge in [-0.1, -0.05) is 12.1 Å². The molecule has 146 valence electrons. The second-order valence-corrected chi connectivity index (χ2v) is 8.35. The average molecular weight is 424 g/mol. The third-order valence-electron chi connectivity index (χ3n) is 3.18. The first-order chi connectivity index (χ1) is 12.3. The van der Waals surface area contributed by atoms with Crippen LogP contribution in [-0.4, -0.2) is 16.8 Å². The van der Waals surface area contributed by atoms with E-state index < -0.39 is 48.2 Å². The highest BCUT2D eigenvalue weighted by atomic mass is 32.2. The maximum absolute atomic E-state index is 13.2. The standard InChI is InChI=1S/C15H12F4N2O4S2/c16-12-5-6-13(14(9-12)27(20,24)25)21-26(22,23)8-7-10-1-3-11(4-2-10)15(17,18)19/h1-9,21H,(H2,20,24,25). The van der Waals surface area contributed by atoms with Gasteiger partial charge in [0.1, 0.15) is 10.7 Å². The van der Waals surface area contributed by atoms with E-state index in [1.807, 2.05) is 4.72 Å². The fourth-order valence-electron chi connectivity index (χ4n) is 1.95. The number of nitrogens with one attached hydrogen (secondary N) is 1. The molecule has 0 amide bonds. The summed E-state index contributed by atoms with van der Waals surface area (Å²) < 4.78 is 99.6. The minimum Gasteiger partial charge on any atom is -0.279 e. The predicted molar refractivity (Wildman–Crippen MR) is 90.8 cm³/mol. The topological polar surface area (TPSA) is 106 Å². The van der Waals surface area contributed by atoms with Gasteiger partial charge in [-0.05, 0) is 42.0 Å². The van der Waals surface area contributed by atoms with E-state index in [0.717, 1.165) is 42.5 Å². The Labute approximate surface area is 152 Å². The van der Waals surface area contributed by atoms with Gasteiger partial charge in [-0.3, -0.25) is 4.72 Å². The van der Waals surface area contributed by atoms with E-state index in [1.165, 1.54) is 0 Å². The molecule has 0 heterocycles. The largest absolute Gasteiger partial charge is 0.416 e. The van der Waals surface area contributed by atoms with Crippen LogP contribution in [-0.2, 0) is 26.2 Å². The Morgan fingerprint density at radius 1 is 0.963 bits per heavy atom. The zero-order valence-electron chi connectivity index (χ0n) is 13.2. The van der Waals surface area contributed by atoms with Crippen LogP contribution in [0.25, 0.3) is 6.08 Å². The molecule has 0 aromatic heterocycles. The first-order valence-electron chi connectivity index (χ1n) is 6.98. The van der Waals surface area contributed by atoms with Crippen molar-refractivity contribution < 1.29 is 34.4 Å². The van der Waals surface area contributed by atoms with Crippen LogP contribution >= 0.6 is 0 Å². The summed E-state index contributed by atoms with van der Waals surface area (Å²) in [5, 5.41) is 5.54. The fourth-order valence-corrected chi connectivity index (χ4v) is 3.61. The Hall–Kier alpha value is -2.44. The van der Waals surface area contributed by atoms with Crippen LogP contribution in [0.2, 0.25) is 0 Å². The van der Waals surface area contributed by atoms with Gasteiger partial charge < -0.3 is 0 Å². The summed E-state index contributed by atoms with van der Waals surface area (Å²) in [4.78, 5) is -0.769.